The number of nitrogen functional groups attached to an aromatic ring is 1. The van der Waals surface area contributed by atoms with Crippen LogP contribution in [0.1, 0.15) is 5.56 Å². The van der Waals surface area contributed by atoms with Crippen LogP contribution in [0.15, 0.2) is 140 Å². The molecule has 0 bridgehead atoms. The van der Waals surface area contributed by atoms with Crippen molar-refractivity contribution in [1.82, 2.24) is 0 Å². The summed E-state index contributed by atoms with van der Waals surface area (Å²) in [6.45, 7) is 3.72. The fourth-order valence-corrected chi connectivity index (χ4v) is 4.04. The van der Waals surface area contributed by atoms with Crippen molar-refractivity contribution in [2.24, 2.45) is 0 Å². The Hall–Kier alpha value is -3.18. The van der Waals surface area contributed by atoms with E-state index in [1.165, 1.54) is 10.6 Å². The summed E-state index contributed by atoms with van der Waals surface area (Å²) in [6.07, 6.45) is 0. The van der Waals surface area contributed by atoms with Crippen LogP contribution in [-0.4, -0.2) is 5.48 Å². The van der Waals surface area contributed by atoms with E-state index < -0.39 is 0 Å². The van der Waals surface area contributed by atoms with E-state index in [9.17, 15) is 0 Å². The number of hydrogen-bond acceptors (Lipinski definition) is 1. The van der Waals surface area contributed by atoms with Gasteiger partial charge in [-0.3, -0.25) is 0 Å². The second-order valence-corrected chi connectivity index (χ2v) is 8.61. The second-order valence-electron chi connectivity index (χ2n) is 7.21. The first-order chi connectivity index (χ1) is 16.2. The maximum Gasteiger partial charge on any atom is 2.00 e. The van der Waals surface area contributed by atoms with Crippen molar-refractivity contribution in [2.45, 2.75) is 0 Å². The molecule has 0 radical (unpaired) electrons. The molecule has 4 N–H and O–H groups in total. The third-order valence-electron chi connectivity index (χ3n) is 4.64. The predicted molar refractivity (Wildman–Crippen MR) is 150 cm³/mol. The molecule has 5 aromatic carbocycles. The summed E-state index contributed by atoms with van der Waals surface area (Å²) < 4.78 is 0. The molecule has 0 aliphatic heterocycles. The van der Waals surface area contributed by atoms with Gasteiger partial charge in [0.25, 0.3) is 0 Å². The molecule has 0 heterocycles. The average Bonchev–Trinajstić information content (AvgIpc) is 2.87. The molecule has 0 spiro atoms. The second kappa shape index (κ2) is 17.3. The first-order valence-corrected chi connectivity index (χ1v) is 11.8. The molecule has 0 aromatic heterocycles. The van der Waals surface area contributed by atoms with E-state index in [0.29, 0.717) is 0 Å². The molecule has 5 aromatic rings. The molecule has 180 valence electrons. The summed E-state index contributed by atoms with van der Waals surface area (Å²) >= 11 is 0. The van der Waals surface area contributed by atoms with E-state index in [-0.39, 0.29) is 25.9 Å². The standard InChI is InChI=1S/C12H10N.C12H11P.C7H7.H2O.Pd/c13-12-9-5-4-8-11(12)10-6-2-1-3-7-10;1-3-7-11(8-4-1)13-12-9-5-2-6-10-12;1-7-5-3-2-4-6-7;;/h1-6,8-9H,13H2;1-10,13H;2-6H,1H2;1H2;/q-1;;-1;;+2. The van der Waals surface area contributed by atoms with Crippen molar-refractivity contribution in [2.75, 3.05) is 5.73 Å². The van der Waals surface area contributed by atoms with E-state index in [2.05, 4.69) is 73.7 Å². The van der Waals surface area contributed by atoms with E-state index in [4.69, 9.17) is 5.73 Å². The Morgan fingerprint density at radius 2 is 1.03 bits per heavy atom. The summed E-state index contributed by atoms with van der Waals surface area (Å²) in [7, 11) is 0.777. The fraction of sp³-hybridized carbons (Fsp3) is 0. The summed E-state index contributed by atoms with van der Waals surface area (Å²) in [5.74, 6) is 0. The molecule has 0 unspecified atom stereocenters. The molecule has 5 rings (SSSR count). The van der Waals surface area contributed by atoms with Crippen molar-refractivity contribution >= 4 is 24.9 Å². The number of rotatable bonds is 3. The van der Waals surface area contributed by atoms with Crippen LogP contribution in [0, 0.1) is 13.0 Å². The molecule has 35 heavy (non-hydrogen) atoms. The van der Waals surface area contributed by atoms with Gasteiger partial charge in [0.15, 0.2) is 0 Å². The van der Waals surface area contributed by atoms with Crippen LogP contribution in [0.3, 0.4) is 0 Å². The first-order valence-electron chi connectivity index (χ1n) is 10.8. The zero-order valence-electron chi connectivity index (χ0n) is 19.4. The van der Waals surface area contributed by atoms with Gasteiger partial charge in [-0.15, -0.1) is 48.0 Å². The molecule has 0 amide bonds. The van der Waals surface area contributed by atoms with Gasteiger partial charge in [0, 0.05) is 0 Å². The molecule has 0 atom stereocenters. The van der Waals surface area contributed by atoms with Crippen molar-refractivity contribution in [1.29, 1.82) is 0 Å². The molecular formula is C31H30NOPPd. The number of anilines is 1. The monoisotopic (exact) mass is 569 g/mol. The maximum absolute atomic E-state index is 5.83. The topological polar surface area (TPSA) is 57.5 Å². The molecule has 0 aliphatic carbocycles. The van der Waals surface area contributed by atoms with Crippen LogP contribution in [0.2, 0.25) is 0 Å². The Morgan fingerprint density at radius 1 is 0.571 bits per heavy atom. The van der Waals surface area contributed by atoms with Crippen molar-refractivity contribution < 1.29 is 25.9 Å². The van der Waals surface area contributed by atoms with Gasteiger partial charge >= 0.3 is 20.4 Å². The van der Waals surface area contributed by atoms with Crippen LogP contribution in [-0.2, 0) is 20.4 Å². The van der Waals surface area contributed by atoms with Crippen molar-refractivity contribution in [3.8, 4) is 11.1 Å². The average molecular weight is 570 g/mol. The molecule has 0 aliphatic rings. The maximum atomic E-state index is 5.83. The Morgan fingerprint density at radius 3 is 1.46 bits per heavy atom. The Labute approximate surface area is 225 Å². The van der Waals surface area contributed by atoms with E-state index >= 15 is 0 Å². The number of nitrogens with two attached hydrogens (primary N) is 1. The number of para-hydroxylation sites is 1. The van der Waals surface area contributed by atoms with Crippen LogP contribution in [0.4, 0.5) is 5.69 Å². The van der Waals surface area contributed by atoms with Gasteiger partial charge in [-0.1, -0.05) is 99.1 Å². The quantitative estimate of drug-likeness (QED) is 0.121. The third-order valence-corrected chi connectivity index (χ3v) is 5.88. The van der Waals surface area contributed by atoms with Gasteiger partial charge in [-0.25, -0.2) is 0 Å². The minimum absolute atomic E-state index is 0. The SMILES string of the molecule is Nc1ccccc1-c1[c-]cccc1.O.[CH2-]c1ccccc1.[Pd+2].c1ccc(Pc2ccccc2)cc1. The van der Waals surface area contributed by atoms with Gasteiger partial charge in [0.1, 0.15) is 0 Å². The summed E-state index contributed by atoms with van der Waals surface area (Å²) in [6, 6.07) is 49.8. The predicted octanol–water partition coefficient (Wildman–Crippen LogP) is 6.09. The van der Waals surface area contributed by atoms with Gasteiger partial charge in [0.05, 0.1) is 0 Å². The van der Waals surface area contributed by atoms with E-state index in [1.54, 1.807) is 0 Å². The fourth-order valence-electron chi connectivity index (χ4n) is 2.99. The molecule has 0 fully saturated rings. The number of hydrogen-bond donors (Lipinski definition) is 1. The minimum atomic E-state index is 0. The van der Waals surface area contributed by atoms with Gasteiger partial charge < -0.3 is 11.2 Å². The van der Waals surface area contributed by atoms with Crippen LogP contribution < -0.4 is 16.3 Å². The van der Waals surface area contributed by atoms with E-state index in [1.807, 2.05) is 78.9 Å². The molecule has 2 nitrogen and oxygen atoms in total. The molecular weight excluding hydrogens is 540 g/mol. The summed E-state index contributed by atoms with van der Waals surface area (Å²) in [4.78, 5) is 0. The summed E-state index contributed by atoms with van der Waals surface area (Å²) in [5, 5.41) is 2.79. The van der Waals surface area contributed by atoms with Gasteiger partial charge in [0.2, 0.25) is 0 Å². The Balaban J connectivity index is 0.000000266. The molecule has 4 heteroatoms. The van der Waals surface area contributed by atoms with E-state index in [0.717, 1.165) is 31.0 Å². The summed E-state index contributed by atoms with van der Waals surface area (Å²) in [5.41, 5.74) is 9.79. The van der Waals surface area contributed by atoms with Crippen LogP contribution >= 0.6 is 8.58 Å². The van der Waals surface area contributed by atoms with Crippen LogP contribution in [0.5, 0.6) is 0 Å². The zero-order valence-corrected chi connectivity index (χ0v) is 21.9. The Bertz CT molecular complexity index is 1150. The minimum Gasteiger partial charge on any atom is -0.412 e. The van der Waals surface area contributed by atoms with Crippen LogP contribution in [0.25, 0.3) is 11.1 Å². The molecule has 0 saturated carbocycles. The van der Waals surface area contributed by atoms with Crippen molar-refractivity contribution in [3.63, 3.8) is 0 Å². The molecule has 0 saturated heterocycles. The largest absolute Gasteiger partial charge is 2.00 e. The van der Waals surface area contributed by atoms with Gasteiger partial charge in [-0.2, -0.15) is 24.6 Å². The first kappa shape index (κ1) is 29.9. The zero-order chi connectivity index (χ0) is 23.1. The third kappa shape index (κ3) is 11.2. The normalized spacial score (nSPS) is 9.03. The number of benzene rings is 5. The Kier molecular flexibility index (Phi) is 14.7. The van der Waals surface area contributed by atoms with Gasteiger partial charge in [-0.05, 0) is 22.4 Å². The van der Waals surface area contributed by atoms with Crippen molar-refractivity contribution in [3.05, 3.63) is 158 Å². The smallest absolute Gasteiger partial charge is 0.412 e.